The van der Waals surface area contributed by atoms with Crippen LogP contribution >= 0.6 is 0 Å². The number of nitrogens with one attached hydrogen (secondary N) is 1. The number of aromatic nitrogens is 1. The highest BCUT2D eigenvalue weighted by Gasteiger charge is 2.30. The highest BCUT2D eigenvalue weighted by Crippen LogP contribution is 2.35. The second-order valence-corrected chi connectivity index (χ2v) is 5.25. The fourth-order valence-corrected chi connectivity index (χ4v) is 3.13. The third kappa shape index (κ3) is 2.52. The molecular formula is C15H24N2. The molecule has 1 aromatic rings. The van der Waals surface area contributed by atoms with Gasteiger partial charge in [-0.2, -0.15) is 0 Å². The van der Waals surface area contributed by atoms with Crippen LogP contribution in [0.2, 0.25) is 0 Å². The molecule has 2 rings (SSSR count). The van der Waals surface area contributed by atoms with Crippen molar-refractivity contribution >= 4 is 0 Å². The van der Waals surface area contributed by atoms with Crippen LogP contribution in [0.15, 0.2) is 18.3 Å². The van der Waals surface area contributed by atoms with Gasteiger partial charge in [-0.15, -0.1) is 0 Å². The van der Waals surface area contributed by atoms with E-state index in [0.29, 0.717) is 17.9 Å². The number of hydrogen-bond donors (Lipinski definition) is 1. The number of hydrogen-bond acceptors (Lipinski definition) is 2. The van der Waals surface area contributed by atoms with Gasteiger partial charge < -0.3 is 5.32 Å². The van der Waals surface area contributed by atoms with Crippen LogP contribution in [0.25, 0.3) is 0 Å². The summed E-state index contributed by atoms with van der Waals surface area (Å²) in [7, 11) is 2.09. The molecule has 1 heterocycles. The maximum absolute atomic E-state index is 4.65. The van der Waals surface area contributed by atoms with Gasteiger partial charge in [-0.25, -0.2) is 0 Å². The average Bonchev–Trinajstić information content (AvgIpc) is 2.39. The number of pyridine rings is 1. The Morgan fingerprint density at radius 1 is 1.53 bits per heavy atom. The third-order valence-electron chi connectivity index (χ3n) is 4.26. The predicted octanol–water partition coefficient (Wildman–Crippen LogP) is 3.14. The van der Waals surface area contributed by atoms with Crippen LogP contribution in [0.3, 0.4) is 0 Å². The molecule has 1 aliphatic carbocycles. The van der Waals surface area contributed by atoms with Gasteiger partial charge in [-0.3, -0.25) is 4.98 Å². The maximum atomic E-state index is 4.65. The molecule has 1 aromatic heterocycles. The topological polar surface area (TPSA) is 24.9 Å². The highest BCUT2D eigenvalue weighted by atomic mass is 14.9. The van der Waals surface area contributed by atoms with E-state index in [4.69, 9.17) is 0 Å². The van der Waals surface area contributed by atoms with E-state index in [1.165, 1.54) is 36.9 Å². The minimum absolute atomic E-state index is 0.564. The first-order valence-electron chi connectivity index (χ1n) is 6.89. The summed E-state index contributed by atoms with van der Waals surface area (Å²) in [5, 5.41) is 3.52. The van der Waals surface area contributed by atoms with Gasteiger partial charge in [-0.1, -0.05) is 26.3 Å². The Kier molecular flexibility index (Phi) is 4.16. The molecule has 94 valence electrons. The lowest BCUT2D eigenvalue weighted by Gasteiger charge is -2.34. The van der Waals surface area contributed by atoms with Crippen molar-refractivity contribution in [3.63, 3.8) is 0 Å². The van der Waals surface area contributed by atoms with Gasteiger partial charge in [0.05, 0.1) is 0 Å². The molecule has 0 radical (unpaired) electrons. The lowest BCUT2D eigenvalue weighted by Crippen LogP contribution is -2.39. The van der Waals surface area contributed by atoms with E-state index in [1.54, 1.807) is 0 Å². The summed E-state index contributed by atoms with van der Waals surface area (Å²) >= 11 is 0. The second-order valence-electron chi connectivity index (χ2n) is 5.25. The molecule has 0 saturated carbocycles. The van der Waals surface area contributed by atoms with Crippen LogP contribution < -0.4 is 5.32 Å². The molecule has 1 aliphatic rings. The number of fused-ring (bicyclic) bond motifs is 1. The number of aryl methyl sites for hydroxylation is 1. The van der Waals surface area contributed by atoms with Crippen LogP contribution in [0.1, 0.15) is 50.3 Å². The Balaban J connectivity index is 2.27. The fraction of sp³-hybridized carbons (Fsp3) is 0.667. The van der Waals surface area contributed by atoms with Crippen LogP contribution in [0.5, 0.6) is 0 Å². The molecule has 2 heteroatoms. The number of likely N-dealkylation sites (N-methyl/N-ethyl adjacent to an activating group) is 1. The normalized spacial score (nSPS) is 22.9. The largest absolute Gasteiger partial charge is 0.316 e. The molecule has 0 saturated heterocycles. The summed E-state index contributed by atoms with van der Waals surface area (Å²) in [4.78, 5) is 4.65. The Labute approximate surface area is 105 Å². The van der Waals surface area contributed by atoms with Crippen molar-refractivity contribution in [3.8, 4) is 0 Å². The molecule has 0 spiro atoms. The second kappa shape index (κ2) is 5.63. The minimum atomic E-state index is 0.564. The van der Waals surface area contributed by atoms with Crippen LogP contribution in [-0.2, 0) is 6.42 Å². The van der Waals surface area contributed by atoms with Gasteiger partial charge in [0.25, 0.3) is 0 Å². The summed E-state index contributed by atoms with van der Waals surface area (Å²) in [6.45, 7) is 4.62. The summed E-state index contributed by atoms with van der Waals surface area (Å²) in [5.74, 6) is 1.30. The smallest absolute Gasteiger partial charge is 0.0482 e. The summed E-state index contributed by atoms with van der Waals surface area (Å²) in [6.07, 6.45) is 6.96. The van der Waals surface area contributed by atoms with E-state index in [9.17, 15) is 0 Å². The first-order valence-corrected chi connectivity index (χ1v) is 6.89. The van der Waals surface area contributed by atoms with Crippen molar-refractivity contribution in [3.05, 3.63) is 29.6 Å². The zero-order valence-corrected chi connectivity index (χ0v) is 11.2. The van der Waals surface area contributed by atoms with Gasteiger partial charge in [0.1, 0.15) is 0 Å². The molecule has 0 aliphatic heterocycles. The van der Waals surface area contributed by atoms with Crippen molar-refractivity contribution in [2.75, 3.05) is 7.05 Å². The SMILES string of the molecule is CCC(C)C(NC)C1CCCc2cccnc21. The van der Waals surface area contributed by atoms with E-state index in [-0.39, 0.29) is 0 Å². The molecule has 3 atom stereocenters. The van der Waals surface area contributed by atoms with Gasteiger partial charge >= 0.3 is 0 Å². The summed E-state index contributed by atoms with van der Waals surface area (Å²) in [5.41, 5.74) is 2.81. The molecule has 0 fully saturated rings. The van der Waals surface area contributed by atoms with Crippen molar-refractivity contribution in [2.45, 2.75) is 51.5 Å². The van der Waals surface area contributed by atoms with E-state index in [1.807, 2.05) is 6.20 Å². The van der Waals surface area contributed by atoms with E-state index >= 15 is 0 Å². The van der Waals surface area contributed by atoms with Crippen LogP contribution in [0.4, 0.5) is 0 Å². The van der Waals surface area contributed by atoms with Crippen molar-refractivity contribution in [1.29, 1.82) is 0 Å². The standard InChI is InChI=1S/C15H24N2/c1-4-11(2)14(16-3)13-9-5-7-12-8-6-10-17-15(12)13/h6,8,10-11,13-14,16H,4-5,7,9H2,1-3H3. The van der Waals surface area contributed by atoms with Crippen molar-refractivity contribution in [1.82, 2.24) is 10.3 Å². The lowest BCUT2D eigenvalue weighted by molar-refractivity contribution is 0.307. The van der Waals surface area contributed by atoms with E-state index < -0.39 is 0 Å². The third-order valence-corrected chi connectivity index (χ3v) is 4.26. The Morgan fingerprint density at radius 2 is 2.35 bits per heavy atom. The van der Waals surface area contributed by atoms with Crippen LogP contribution in [0, 0.1) is 5.92 Å². The molecule has 0 bridgehead atoms. The van der Waals surface area contributed by atoms with Gasteiger partial charge in [0.2, 0.25) is 0 Å². The number of rotatable bonds is 4. The molecule has 2 nitrogen and oxygen atoms in total. The first-order chi connectivity index (χ1) is 8.27. The Morgan fingerprint density at radius 3 is 3.06 bits per heavy atom. The molecule has 3 unspecified atom stereocenters. The minimum Gasteiger partial charge on any atom is -0.316 e. The fourth-order valence-electron chi connectivity index (χ4n) is 3.13. The highest BCUT2D eigenvalue weighted by molar-refractivity contribution is 5.27. The van der Waals surface area contributed by atoms with Crippen LogP contribution in [-0.4, -0.2) is 18.1 Å². The molecule has 1 N–H and O–H groups in total. The lowest BCUT2D eigenvalue weighted by atomic mass is 9.77. The number of nitrogens with zero attached hydrogens (tertiary/aromatic N) is 1. The predicted molar refractivity (Wildman–Crippen MR) is 72.2 cm³/mol. The van der Waals surface area contributed by atoms with Crippen molar-refractivity contribution < 1.29 is 0 Å². The van der Waals surface area contributed by atoms with Crippen molar-refractivity contribution in [2.24, 2.45) is 5.92 Å². The quantitative estimate of drug-likeness (QED) is 0.862. The zero-order valence-electron chi connectivity index (χ0n) is 11.2. The molecule has 0 amide bonds. The Hall–Kier alpha value is -0.890. The van der Waals surface area contributed by atoms with Gasteiger partial charge in [-0.05, 0) is 43.9 Å². The molecule has 17 heavy (non-hydrogen) atoms. The zero-order chi connectivity index (χ0) is 12.3. The molecular weight excluding hydrogens is 208 g/mol. The Bertz CT molecular complexity index is 362. The summed E-state index contributed by atoms with van der Waals surface area (Å²) in [6, 6.07) is 4.88. The van der Waals surface area contributed by atoms with E-state index in [2.05, 4.69) is 43.3 Å². The maximum Gasteiger partial charge on any atom is 0.0482 e. The summed E-state index contributed by atoms with van der Waals surface area (Å²) < 4.78 is 0. The average molecular weight is 232 g/mol. The monoisotopic (exact) mass is 232 g/mol. The van der Waals surface area contributed by atoms with Gasteiger partial charge in [0.15, 0.2) is 0 Å². The van der Waals surface area contributed by atoms with E-state index in [0.717, 1.165) is 0 Å². The molecule has 0 aromatic carbocycles. The van der Waals surface area contributed by atoms with Gasteiger partial charge in [0, 0.05) is 23.9 Å². The first kappa shape index (κ1) is 12.6.